The van der Waals surface area contributed by atoms with E-state index < -0.39 is 10.0 Å². The Morgan fingerprint density at radius 3 is 2.55 bits per heavy atom. The quantitative estimate of drug-likeness (QED) is 0.885. The van der Waals surface area contributed by atoms with Crippen molar-refractivity contribution in [1.82, 2.24) is 4.72 Å². The number of hydrogen-bond acceptors (Lipinski definition) is 4. The number of sulfonamides is 1. The second kappa shape index (κ2) is 7.07. The standard InChI is InChI=1S/C16H16N2O3S/c1-21-15-4-2-3-13(11-15)9-10-18-22(19,20)16-7-5-14(12-17)6-8-16/h2-8,11,18H,9-10H2,1H3. The van der Waals surface area contributed by atoms with Crippen LogP contribution in [0.25, 0.3) is 0 Å². The fraction of sp³-hybridized carbons (Fsp3) is 0.188. The Morgan fingerprint density at radius 1 is 1.18 bits per heavy atom. The van der Waals surface area contributed by atoms with Gasteiger partial charge in [-0.3, -0.25) is 0 Å². The van der Waals surface area contributed by atoms with E-state index in [0.29, 0.717) is 12.0 Å². The number of methoxy groups -OCH3 is 1. The van der Waals surface area contributed by atoms with Gasteiger partial charge in [-0.15, -0.1) is 0 Å². The summed E-state index contributed by atoms with van der Waals surface area (Å²) in [4.78, 5) is 0.150. The second-order valence-electron chi connectivity index (χ2n) is 4.64. The lowest BCUT2D eigenvalue weighted by atomic mass is 10.1. The normalized spacial score (nSPS) is 10.9. The first-order valence-corrected chi connectivity index (χ1v) is 8.16. The van der Waals surface area contributed by atoms with E-state index >= 15 is 0 Å². The molecule has 114 valence electrons. The average molecular weight is 316 g/mol. The molecule has 0 amide bonds. The second-order valence-corrected chi connectivity index (χ2v) is 6.40. The van der Waals surface area contributed by atoms with Gasteiger partial charge >= 0.3 is 0 Å². The van der Waals surface area contributed by atoms with Crippen LogP contribution in [-0.4, -0.2) is 22.1 Å². The lowest BCUT2D eigenvalue weighted by molar-refractivity contribution is 0.414. The molecule has 2 aromatic rings. The minimum absolute atomic E-state index is 0.150. The first-order valence-electron chi connectivity index (χ1n) is 6.68. The topological polar surface area (TPSA) is 79.2 Å². The van der Waals surface area contributed by atoms with Gasteiger partial charge in [0.05, 0.1) is 23.6 Å². The highest BCUT2D eigenvalue weighted by Gasteiger charge is 2.13. The van der Waals surface area contributed by atoms with Crippen LogP contribution in [0.15, 0.2) is 53.4 Å². The van der Waals surface area contributed by atoms with Gasteiger partial charge in [0.1, 0.15) is 5.75 Å². The molecule has 0 aliphatic rings. The van der Waals surface area contributed by atoms with Gasteiger partial charge in [0.15, 0.2) is 0 Å². The van der Waals surface area contributed by atoms with Crippen molar-refractivity contribution in [3.63, 3.8) is 0 Å². The first kappa shape index (κ1) is 16.0. The van der Waals surface area contributed by atoms with Crippen molar-refractivity contribution in [2.75, 3.05) is 13.7 Å². The van der Waals surface area contributed by atoms with Crippen LogP contribution in [-0.2, 0) is 16.4 Å². The van der Waals surface area contributed by atoms with Crippen LogP contribution in [0.2, 0.25) is 0 Å². The summed E-state index contributed by atoms with van der Waals surface area (Å²) in [5, 5.41) is 8.72. The summed E-state index contributed by atoms with van der Waals surface area (Å²) in [5.74, 6) is 0.743. The summed E-state index contributed by atoms with van der Waals surface area (Å²) < 4.78 is 31.9. The number of benzene rings is 2. The monoisotopic (exact) mass is 316 g/mol. The van der Waals surface area contributed by atoms with Crippen molar-refractivity contribution in [1.29, 1.82) is 5.26 Å². The van der Waals surface area contributed by atoms with Crippen molar-refractivity contribution >= 4 is 10.0 Å². The molecule has 22 heavy (non-hydrogen) atoms. The Kier molecular flexibility index (Phi) is 5.15. The Bertz CT molecular complexity index is 778. The largest absolute Gasteiger partial charge is 0.497 e. The average Bonchev–Trinajstić information content (AvgIpc) is 2.55. The van der Waals surface area contributed by atoms with Gasteiger partial charge in [-0.25, -0.2) is 13.1 Å². The van der Waals surface area contributed by atoms with Crippen LogP contribution in [0.1, 0.15) is 11.1 Å². The van der Waals surface area contributed by atoms with Gasteiger partial charge in [-0.2, -0.15) is 5.26 Å². The molecule has 1 N–H and O–H groups in total. The highest BCUT2D eigenvalue weighted by Crippen LogP contribution is 2.13. The van der Waals surface area contributed by atoms with Gasteiger partial charge in [0.25, 0.3) is 0 Å². The maximum Gasteiger partial charge on any atom is 0.240 e. The van der Waals surface area contributed by atoms with E-state index in [1.807, 2.05) is 30.3 Å². The van der Waals surface area contributed by atoms with E-state index in [0.717, 1.165) is 11.3 Å². The lowest BCUT2D eigenvalue weighted by Crippen LogP contribution is -2.26. The van der Waals surface area contributed by atoms with Crippen LogP contribution >= 0.6 is 0 Å². The SMILES string of the molecule is COc1cccc(CCNS(=O)(=O)c2ccc(C#N)cc2)c1. The van der Waals surface area contributed by atoms with E-state index in [9.17, 15) is 8.42 Å². The summed E-state index contributed by atoms with van der Waals surface area (Å²) in [5.41, 5.74) is 1.41. The fourth-order valence-corrected chi connectivity index (χ4v) is 2.98. The highest BCUT2D eigenvalue weighted by molar-refractivity contribution is 7.89. The molecule has 6 heteroatoms. The third kappa shape index (κ3) is 4.07. The Hall–Kier alpha value is -2.36. The van der Waals surface area contributed by atoms with Crippen molar-refractivity contribution in [2.45, 2.75) is 11.3 Å². The van der Waals surface area contributed by atoms with Crippen LogP contribution in [0, 0.1) is 11.3 Å². The lowest BCUT2D eigenvalue weighted by Gasteiger charge is -2.08. The molecule has 0 aliphatic heterocycles. The van der Waals surface area contributed by atoms with Gasteiger partial charge < -0.3 is 4.74 Å². The van der Waals surface area contributed by atoms with Crippen molar-refractivity contribution < 1.29 is 13.2 Å². The molecule has 0 bridgehead atoms. The maximum absolute atomic E-state index is 12.1. The number of nitrogens with one attached hydrogen (secondary N) is 1. The van der Waals surface area contributed by atoms with Gasteiger partial charge in [-0.1, -0.05) is 12.1 Å². The molecule has 0 saturated carbocycles. The molecule has 0 saturated heterocycles. The molecule has 0 aromatic heterocycles. The number of nitriles is 1. The van der Waals surface area contributed by atoms with E-state index in [1.165, 1.54) is 24.3 Å². The van der Waals surface area contributed by atoms with E-state index in [4.69, 9.17) is 10.00 Å². The minimum atomic E-state index is -3.56. The number of hydrogen-bond donors (Lipinski definition) is 1. The van der Waals surface area contributed by atoms with Gasteiger partial charge in [-0.05, 0) is 48.4 Å². The Balaban J connectivity index is 1.98. The zero-order chi connectivity index (χ0) is 16.0. The summed E-state index contributed by atoms with van der Waals surface area (Å²) in [6, 6.07) is 15.3. The Morgan fingerprint density at radius 2 is 1.91 bits per heavy atom. The zero-order valence-corrected chi connectivity index (χ0v) is 12.9. The third-order valence-corrected chi connectivity index (χ3v) is 4.61. The summed E-state index contributed by atoms with van der Waals surface area (Å²) in [7, 11) is -1.97. The first-order chi connectivity index (χ1) is 10.5. The Labute approximate surface area is 130 Å². The van der Waals surface area contributed by atoms with Crippen LogP contribution in [0.4, 0.5) is 0 Å². The molecular weight excluding hydrogens is 300 g/mol. The molecule has 0 radical (unpaired) electrons. The van der Waals surface area contributed by atoms with Gasteiger partial charge in [0.2, 0.25) is 10.0 Å². The number of ether oxygens (including phenoxy) is 1. The molecular formula is C16H16N2O3S. The molecule has 0 aliphatic carbocycles. The van der Waals surface area contributed by atoms with Crippen molar-refractivity contribution in [2.24, 2.45) is 0 Å². The van der Waals surface area contributed by atoms with Crippen LogP contribution in [0.5, 0.6) is 5.75 Å². The highest BCUT2D eigenvalue weighted by atomic mass is 32.2. The molecule has 0 unspecified atom stereocenters. The summed E-state index contributed by atoms with van der Waals surface area (Å²) in [6.45, 7) is 0.287. The molecule has 2 rings (SSSR count). The van der Waals surface area contributed by atoms with Crippen LogP contribution < -0.4 is 9.46 Å². The summed E-state index contributed by atoms with van der Waals surface area (Å²) >= 11 is 0. The molecule has 5 nitrogen and oxygen atoms in total. The molecule has 2 aromatic carbocycles. The van der Waals surface area contributed by atoms with Crippen LogP contribution in [0.3, 0.4) is 0 Å². The summed E-state index contributed by atoms with van der Waals surface area (Å²) in [6.07, 6.45) is 0.562. The molecule has 0 atom stereocenters. The van der Waals surface area contributed by atoms with E-state index in [-0.39, 0.29) is 11.4 Å². The van der Waals surface area contributed by atoms with Crippen molar-refractivity contribution in [3.05, 3.63) is 59.7 Å². The molecule has 0 spiro atoms. The number of rotatable bonds is 6. The smallest absolute Gasteiger partial charge is 0.240 e. The molecule has 0 heterocycles. The predicted molar refractivity (Wildman–Crippen MR) is 83.0 cm³/mol. The van der Waals surface area contributed by atoms with Gasteiger partial charge in [0, 0.05) is 6.54 Å². The maximum atomic E-state index is 12.1. The van der Waals surface area contributed by atoms with E-state index in [1.54, 1.807) is 7.11 Å². The van der Waals surface area contributed by atoms with Crippen molar-refractivity contribution in [3.8, 4) is 11.8 Å². The number of nitrogens with zero attached hydrogens (tertiary/aromatic N) is 1. The van der Waals surface area contributed by atoms with E-state index in [2.05, 4.69) is 4.72 Å². The minimum Gasteiger partial charge on any atom is -0.497 e. The third-order valence-electron chi connectivity index (χ3n) is 3.13. The fourth-order valence-electron chi connectivity index (χ4n) is 1.95. The molecule has 0 fully saturated rings. The zero-order valence-electron chi connectivity index (χ0n) is 12.1. The predicted octanol–water partition coefficient (Wildman–Crippen LogP) is 2.09.